The van der Waals surface area contributed by atoms with E-state index in [0.29, 0.717) is 12.1 Å². The molecule has 1 atom stereocenters. The third-order valence-electron chi connectivity index (χ3n) is 6.11. The van der Waals surface area contributed by atoms with Crippen LogP contribution in [0.25, 0.3) is 0 Å². The van der Waals surface area contributed by atoms with Gasteiger partial charge in [-0.1, -0.05) is 6.07 Å². The quantitative estimate of drug-likeness (QED) is 0.782. The summed E-state index contributed by atoms with van der Waals surface area (Å²) in [7, 11) is 0. The molecule has 0 aromatic heterocycles. The minimum atomic E-state index is -1.15. The Balaban J connectivity index is 1.49. The molecular formula is C21H27N3O4. The largest absolute Gasteiger partial charge is 0.367 e. The summed E-state index contributed by atoms with van der Waals surface area (Å²) in [4.78, 5) is 39.2. The maximum atomic E-state index is 13.2. The fraction of sp³-hybridized carbons (Fsp3) is 0.571. The standard InChI is InChI=1S/C21H27N3O4/c1-19(2)12-21(20(3,4)28-19)17(26)24(18(27)23-21)11-16(25)22-15-9-8-13-6-5-7-14(13)10-15/h8-10H,5-7,11-12H2,1-4H3,(H,22,25)(H,23,27)/t21-/m1/s1. The summed E-state index contributed by atoms with van der Waals surface area (Å²) in [6.45, 7) is 7.07. The van der Waals surface area contributed by atoms with Gasteiger partial charge in [0.1, 0.15) is 6.54 Å². The number of nitrogens with one attached hydrogen (secondary N) is 2. The van der Waals surface area contributed by atoms with Crippen LogP contribution in [0.5, 0.6) is 0 Å². The van der Waals surface area contributed by atoms with E-state index in [1.54, 1.807) is 13.8 Å². The minimum Gasteiger partial charge on any atom is -0.367 e. The molecule has 1 aromatic rings. The number of anilines is 1. The van der Waals surface area contributed by atoms with Gasteiger partial charge in [-0.05, 0) is 70.2 Å². The first-order valence-electron chi connectivity index (χ1n) is 9.79. The van der Waals surface area contributed by atoms with Crippen LogP contribution in [-0.2, 0) is 27.2 Å². The minimum absolute atomic E-state index is 0.319. The molecule has 3 aliphatic rings. The highest BCUT2D eigenvalue weighted by Gasteiger charge is 2.67. The van der Waals surface area contributed by atoms with Crippen molar-refractivity contribution >= 4 is 23.5 Å². The molecular weight excluding hydrogens is 358 g/mol. The van der Waals surface area contributed by atoms with E-state index in [2.05, 4.69) is 10.6 Å². The molecule has 7 heteroatoms. The topological polar surface area (TPSA) is 87.7 Å². The maximum Gasteiger partial charge on any atom is 0.325 e. The van der Waals surface area contributed by atoms with E-state index in [1.807, 2.05) is 32.0 Å². The highest BCUT2D eigenvalue weighted by atomic mass is 16.5. The third kappa shape index (κ3) is 2.89. The fourth-order valence-electron chi connectivity index (χ4n) is 4.96. The predicted octanol–water partition coefficient (Wildman–Crippen LogP) is 2.38. The fourth-order valence-corrected chi connectivity index (χ4v) is 4.96. The third-order valence-corrected chi connectivity index (χ3v) is 6.11. The molecule has 4 amide bonds. The first-order chi connectivity index (χ1) is 13.0. The van der Waals surface area contributed by atoms with Gasteiger partial charge in [0.25, 0.3) is 5.91 Å². The van der Waals surface area contributed by atoms with Gasteiger partial charge in [0.05, 0.1) is 11.2 Å². The van der Waals surface area contributed by atoms with E-state index < -0.39 is 34.6 Å². The number of aryl methyl sites for hydroxylation is 2. The number of rotatable bonds is 3. The summed E-state index contributed by atoms with van der Waals surface area (Å²) in [6, 6.07) is 5.32. The number of hydrogen-bond acceptors (Lipinski definition) is 4. The lowest BCUT2D eigenvalue weighted by Crippen LogP contribution is -2.59. The average Bonchev–Trinajstić information content (AvgIpc) is 3.17. The average molecular weight is 385 g/mol. The molecule has 150 valence electrons. The molecule has 0 unspecified atom stereocenters. The molecule has 2 aliphatic heterocycles. The zero-order valence-electron chi connectivity index (χ0n) is 16.8. The van der Waals surface area contributed by atoms with Crippen molar-refractivity contribution in [2.75, 3.05) is 11.9 Å². The normalized spacial score (nSPS) is 27.2. The Bertz CT molecular complexity index is 876. The van der Waals surface area contributed by atoms with Gasteiger partial charge in [-0.25, -0.2) is 4.79 Å². The maximum absolute atomic E-state index is 13.2. The molecule has 4 rings (SSSR count). The Kier molecular flexibility index (Phi) is 4.08. The van der Waals surface area contributed by atoms with Crippen LogP contribution >= 0.6 is 0 Å². The number of carbonyl (C=O) groups excluding carboxylic acids is 3. The molecule has 2 heterocycles. The van der Waals surface area contributed by atoms with Crippen LogP contribution in [0.4, 0.5) is 10.5 Å². The molecule has 2 N–H and O–H groups in total. The van der Waals surface area contributed by atoms with E-state index >= 15 is 0 Å². The summed E-state index contributed by atoms with van der Waals surface area (Å²) >= 11 is 0. The number of hydrogen-bond donors (Lipinski definition) is 2. The van der Waals surface area contributed by atoms with Crippen molar-refractivity contribution in [3.05, 3.63) is 29.3 Å². The van der Waals surface area contributed by atoms with Crippen LogP contribution in [0.3, 0.4) is 0 Å². The number of carbonyl (C=O) groups is 3. The highest BCUT2D eigenvalue weighted by Crippen LogP contribution is 2.47. The number of amides is 4. The second kappa shape index (κ2) is 6.04. The van der Waals surface area contributed by atoms with Gasteiger partial charge in [-0.3, -0.25) is 14.5 Å². The lowest BCUT2D eigenvalue weighted by molar-refractivity contribution is -0.140. The van der Waals surface area contributed by atoms with Crippen LogP contribution in [0.1, 0.15) is 51.7 Å². The van der Waals surface area contributed by atoms with Gasteiger partial charge in [0.15, 0.2) is 5.54 Å². The molecule has 0 saturated carbocycles. The molecule has 0 bridgehead atoms. The van der Waals surface area contributed by atoms with Crippen molar-refractivity contribution in [3.63, 3.8) is 0 Å². The zero-order chi connectivity index (χ0) is 20.3. The van der Waals surface area contributed by atoms with Gasteiger partial charge >= 0.3 is 6.03 Å². The summed E-state index contributed by atoms with van der Waals surface area (Å²) in [5, 5.41) is 5.62. The Morgan fingerprint density at radius 3 is 2.57 bits per heavy atom. The second-order valence-corrected chi connectivity index (χ2v) is 9.16. The molecule has 28 heavy (non-hydrogen) atoms. The highest BCUT2D eigenvalue weighted by molar-refractivity contribution is 6.11. The lowest BCUT2D eigenvalue weighted by Gasteiger charge is -2.33. The van der Waals surface area contributed by atoms with E-state index in [1.165, 1.54) is 11.1 Å². The van der Waals surface area contributed by atoms with Gasteiger partial charge < -0.3 is 15.4 Å². The Morgan fingerprint density at radius 1 is 1.18 bits per heavy atom. The van der Waals surface area contributed by atoms with E-state index in [4.69, 9.17) is 4.74 Å². The van der Waals surface area contributed by atoms with Gasteiger partial charge in [-0.2, -0.15) is 0 Å². The van der Waals surface area contributed by atoms with Gasteiger partial charge in [0.2, 0.25) is 5.91 Å². The molecule has 2 saturated heterocycles. The van der Waals surface area contributed by atoms with Crippen LogP contribution in [0, 0.1) is 0 Å². The number of fused-ring (bicyclic) bond motifs is 1. The number of imide groups is 1. The van der Waals surface area contributed by atoms with E-state index in [-0.39, 0.29) is 6.54 Å². The number of benzene rings is 1. The van der Waals surface area contributed by atoms with Crippen molar-refractivity contribution in [1.29, 1.82) is 0 Å². The molecule has 1 aliphatic carbocycles. The smallest absolute Gasteiger partial charge is 0.325 e. The second-order valence-electron chi connectivity index (χ2n) is 9.16. The first kappa shape index (κ1) is 18.9. The first-order valence-corrected chi connectivity index (χ1v) is 9.79. The molecule has 2 fully saturated rings. The molecule has 7 nitrogen and oxygen atoms in total. The van der Waals surface area contributed by atoms with Crippen molar-refractivity contribution in [1.82, 2.24) is 10.2 Å². The number of ether oxygens (including phenoxy) is 1. The van der Waals surface area contributed by atoms with Crippen LogP contribution in [-0.4, -0.2) is 46.0 Å². The molecule has 1 aromatic carbocycles. The van der Waals surface area contributed by atoms with Crippen molar-refractivity contribution in [3.8, 4) is 0 Å². The Morgan fingerprint density at radius 2 is 1.89 bits per heavy atom. The van der Waals surface area contributed by atoms with Crippen LogP contribution in [0.15, 0.2) is 18.2 Å². The lowest BCUT2D eigenvalue weighted by atomic mass is 9.79. The Labute approximate surface area is 164 Å². The van der Waals surface area contributed by atoms with Crippen molar-refractivity contribution in [2.24, 2.45) is 0 Å². The molecule has 0 radical (unpaired) electrons. The van der Waals surface area contributed by atoms with Gasteiger partial charge in [-0.15, -0.1) is 0 Å². The number of urea groups is 1. The monoisotopic (exact) mass is 385 g/mol. The van der Waals surface area contributed by atoms with Crippen LogP contribution in [0.2, 0.25) is 0 Å². The Hall–Kier alpha value is -2.41. The predicted molar refractivity (Wildman–Crippen MR) is 104 cm³/mol. The van der Waals surface area contributed by atoms with E-state index in [9.17, 15) is 14.4 Å². The van der Waals surface area contributed by atoms with E-state index in [0.717, 1.165) is 24.2 Å². The summed E-state index contributed by atoms with van der Waals surface area (Å²) in [5.41, 5.74) is 0.697. The zero-order valence-corrected chi connectivity index (χ0v) is 16.8. The number of nitrogens with zero attached hydrogens (tertiary/aromatic N) is 1. The summed E-state index contributed by atoms with van der Waals surface area (Å²) < 4.78 is 6.02. The van der Waals surface area contributed by atoms with Crippen molar-refractivity contribution < 1.29 is 19.1 Å². The van der Waals surface area contributed by atoms with Crippen molar-refractivity contribution in [2.45, 2.75) is 70.1 Å². The summed E-state index contributed by atoms with van der Waals surface area (Å²) in [5.74, 6) is -0.799. The van der Waals surface area contributed by atoms with Gasteiger partial charge in [0, 0.05) is 12.1 Å². The molecule has 1 spiro atoms. The van der Waals surface area contributed by atoms with Crippen LogP contribution < -0.4 is 10.6 Å². The summed E-state index contributed by atoms with van der Waals surface area (Å²) in [6.07, 6.45) is 3.58. The SMILES string of the molecule is CC1(C)C[C@]2(NC(=O)N(CC(=O)Nc3ccc4c(c3)CCC4)C2=O)C(C)(C)O1.